The molecule has 21 heavy (non-hydrogen) atoms. The summed E-state index contributed by atoms with van der Waals surface area (Å²) in [6, 6.07) is 4.29. The molecule has 0 unspecified atom stereocenters. The van der Waals surface area contributed by atoms with Crippen LogP contribution in [0.15, 0.2) is 41.4 Å². The fourth-order valence-electron chi connectivity index (χ4n) is 2.75. The summed E-state index contributed by atoms with van der Waals surface area (Å²) in [7, 11) is 0. The van der Waals surface area contributed by atoms with Gasteiger partial charge in [-0.3, -0.25) is 4.68 Å². The van der Waals surface area contributed by atoms with E-state index in [-0.39, 0.29) is 0 Å². The van der Waals surface area contributed by atoms with Crippen LogP contribution >= 0.6 is 0 Å². The molecule has 3 aromatic rings. The molecule has 0 amide bonds. The Hall–Kier alpha value is -2.34. The predicted molar refractivity (Wildman–Crippen MR) is 80.7 cm³/mol. The van der Waals surface area contributed by atoms with Crippen LogP contribution in [0.2, 0.25) is 0 Å². The number of furan rings is 1. The number of hydrogen-bond donors (Lipinski definition) is 2. The Labute approximate surface area is 122 Å². The van der Waals surface area contributed by atoms with Crippen molar-refractivity contribution in [2.45, 2.75) is 18.9 Å². The molecule has 4 rings (SSSR count). The Morgan fingerprint density at radius 1 is 1.29 bits per heavy atom. The molecule has 0 bridgehead atoms. The Morgan fingerprint density at radius 3 is 3.10 bits per heavy atom. The molecule has 0 atom stereocenters. The number of anilines is 2. The number of rotatable bonds is 3. The maximum Gasteiger partial charge on any atom is 0.139 e. The van der Waals surface area contributed by atoms with Crippen molar-refractivity contribution in [1.82, 2.24) is 20.1 Å². The summed E-state index contributed by atoms with van der Waals surface area (Å²) < 4.78 is 7.44. The average molecular weight is 283 g/mol. The number of fused-ring (bicyclic) bond motifs is 1. The molecule has 1 saturated heterocycles. The third-order valence-electron chi connectivity index (χ3n) is 3.89. The summed E-state index contributed by atoms with van der Waals surface area (Å²) in [5.74, 6) is 0.766. The fraction of sp³-hybridized carbons (Fsp3) is 0.333. The number of aromatic nitrogens is 3. The molecule has 108 valence electrons. The summed E-state index contributed by atoms with van der Waals surface area (Å²) in [6.45, 7) is 2.12. The maximum absolute atomic E-state index is 5.39. The minimum atomic E-state index is 0.488. The lowest BCUT2D eigenvalue weighted by Crippen LogP contribution is -2.29. The van der Waals surface area contributed by atoms with E-state index in [9.17, 15) is 0 Å². The van der Waals surface area contributed by atoms with Gasteiger partial charge < -0.3 is 15.1 Å². The van der Waals surface area contributed by atoms with Crippen molar-refractivity contribution >= 4 is 22.5 Å². The topological polar surface area (TPSA) is 67.9 Å². The van der Waals surface area contributed by atoms with Crippen molar-refractivity contribution in [1.29, 1.82) is 0 Å². The lowest BCUT2D eigenvalue weighted by atomic mass is 10.1. The van der Waals surface area contributed by atoms with Crippen LogP contribution < -0.4 is 10.6 Å². The molecule has 6 heteroatoms. The molecule has 0 radical (unpaired) electrons. The summed E-state index contributed by atoms with van der Waals surface area (Å²) >= 11 is 0. The highest BCUT2D eigenvalue weighted by molar-refractivity contribution is 5.79. The van der Waals surface area contributed by atoms with Gasteiger partial charge in [-0.2, -0.15) is 5.10 Å². The first kappa shape index (κ1) is 12.4. The molecular formula is C15H17N5O. The minimum absolute atomic E-state index is 0.488. The highest BCUT2D eigenvalue weighted by atomic mass is 16.3. The van der Waals surface area contributed by atoms with Crippen LogP contribution in [0.5, 0.6) is 0 Å². The standard InChI is InChI=1S/C15H17N5O/c1-4-16-5-2-13(1)20-10-12(9-18-20)19-15-7-14-11(8-17-15)3-6-21-14/h3,6-10,13,16H,1-2,4-5H2,(H,17,19). The second kappa shape index (κ2) is 5.21. The summed E-state index contributed by atoms with van der Waals surface area (Å²) in [5, 5.41) is 12.1. The zero-order chi connectivity index (χ0) is 14.1. The second-order valence-electron chi connectivity index (χ2n) is 5.34. The van der Waals surface area contributed by atoms with Crippen molar-refractivity contribution in [3.8, 4) is 0 Å². The molecule has 1 fully saturated rings. The van der Waals surface area contributed by atoms with E-state index < -0.39 is 0 Å². The normalized spacial score (nSPS) is 16.4. The Balaban J connectivity index is 1.52. The van der Waals surface area contributed by atoms with E-state index in [1.54, 1.807) is 12.5 Å². The molecule has 0 aromatic carbocycles. The molecular weight excluding hydrogens is 266 g/mol. The monoisotopic (exact) mass is 283 g/mol. The lowest BCUT2D eigenvalue weighted by Gasteiger charge is -2.22. The molecule has 2 N–H and O–H groups in total. The molecule has 6 nitrogen and oxygen atoms in total. The first-order chi connectivity index (χ1) is 10.4. The summed E-state index contributed by atoms with van der Waals surface area (Å²) in [6.07, 6.45) is 9.61. The Morgan fingerprint density at radius 2 is 2.19 bits per heavy atom. The maximum atomic E-state index is 5.39. The number of piperidine rings is 1. The zero-order valence-electron chi connectivity index (χ0n) is 11.6. The van der Waals surface area contributed by atoms with Crippen molar-refractivity contribution in [2.24, 2.45) is 0 Å². The number of pyridine rings is 1. The van der Waals surface area contributed by atoms with E-state index >= 15 is 0 Å². The zero-order valence-corrected chi connectivity index (χ0v) is 11.6. The van der Waals surface area contributed by atoms with Gasteiger partial charge >= 0.3 is 0 Å². The van der Waals surface area contributed by atoms with Gasteiger partial charge in [0.1, 0.15) is 11.4 Å². The number of hydrogen-bond acceptors (Lipinski definition) is 5. The molecule has 0 aliphatic carbocycles. The van der Waals surface area contributed by atoms with E-state index in [0.29, 0.717) is 6.04 Å². The van der Waals surface area contributed by atoms with Crippen molar-refractivity contribution in [3.05, 3.63) is 37.0 Å². The van der Waals surface area contributed by atoms with Gasteiger partial charge in [-0.05, 0) is 32.0 Å². The van der Waals surface area contributed by atoms with Crippen LogP contribution in [0.3, 0.4) is 0 Å². The SMILES string of the molecule is c1cc2cnc(Nc3cnn(C4CCNCC4)c3)cc2o1. The fourth-order valence-corrected chi connectivity index (χ4v) is 2.75. The van der Waals surface area contributed by atoms with Gasteiger partial charge in [-0.15, -0.1) is 0 Å². The van der Waals surface area contributed by atoms with Gasteiger partial charge in [0.05, 0.1) is 24.2 Å². The van der Waals surface area contributed by atoms with Crippen molar-refractivity contribution < 1.29 is 4.42 Å². The molecule has 0 spiro atoms. The quantitative estimate of drug-likeness (QED) is 0.773. The van der Waals surface area contributed by atoms with Crippen LogP contribution in [0.4, 0.5) is 11.5 Å². The highest BCUT2D eigenvalue weighted by Gasteiger charge is 2.15. The molecule has 0 saturated carbocycles. The van der Waals surface area contributed by atoms with Gasteiger partial charge in [-0.1, -0.05) is 0 Å². The van der Waals surface area contributed by atoms with E-state index in [1.165, 1.54) is 0 Å². The van der Waals surface area contributed by atoms with Gasteiger partial charge in [0.2, 0.25) is 0 Å². The summed E-state index contributed by atoms with van der Waals surface area (Å²) in [5.41, 5.74) is 1.78. The van der Waals surface area contributed by atoms with E-state index in [2.05, 4.69) is 25.4 Å². The van der Waals surface area contributed by atoms with Crippen molar-refractivity contribution in [2.75, 3.05) is 18.4 Å². The summed E-state index contributed by atoms with van der Waals surface area (Å²) in [4.78, 5) is 4.38. The van der Waals surface area contributed by atoms with Crippen LogP contribution in [-0.4, -0.2) is 27.9 Å². The van der Waals surface area contributed by atoms with E-state index in [0.717, 1.165) is 48.4 Å². The molecule has 4 heterocycles. The predicted octanol–water partition coefficient (Wildman–Crippen LogP) is 2.69. The van der Waals surface area contributed by atoms with Crippen LogP contribution in [-0.2, 0) is 0 Å². The molecule has 3 aromatic heterocycles. The number of nitrogens with zero attached hydrogens (tertiary/aromatic N) is 3. The highest BCUT2D eigenvalue weighted by Crippen LogP contribution is 2.23. The first-order valence-corrected chi connectivity index (χ1v) is 7.24. The Kier molecular flexibility index (Phi) is 3.08. The van der Waals surface area contributed by atoms with Gasteiger partial charge in [-0.25, -0.2) is 4.98 Å². The third-order valence-corrected chi connectivity index (χ3v) is 3.89. The van der Waals surface area contributed by atoms with Gasteiger partial charge in [0.15, 0.2) is 0 Å². The van der Waals surface area contributed by atoms with Crippen LogP contribution in [0, 0.1) is 0 Å². The first-order valence-electron chi connectivity index (χ1n) is 7.24. The van der Waals surface area contributed by atoms with E-state index in [4.69, 9.17) is 4.42 Å². The van der Waals surface area contributed by atoms with Gasteiger partial charge in [0, 0.05) is 23.8 Å². The second-order valence-corrected chi connectivity index (χ2v) is 5.34. The van der Waals surface area contributed by atoms with Crippen molar-refractivity contribution in [3.63, 3.8) is 0 Å². The smallest absolute Gasteiger partial charge is 0.139 e. The minimum Gasteiger partial charge on any atom is -0.464 e. The lowest BCUT2D eigenvalue weighted by molar-refractivity contribution is 0.343. The van der Waals surface area contributed by atoms with E-state index in [1.807, 2.05) is 24.5 Å². The molecule has 1 aliphatic rings. The number of nitrogens with one attached hydrogen (secondary N) is 2. The van der Waals surface area contributed by atoms with Crippen LogP contribution in [0.25, 0.3) is 11.0 Å². The third kappa shape index (κ3) is 2.50. The molecule has 1 aliphatic heterocycles. The Bertz CT molecular complexity index is 741. The van der Waals surface area contributed by atoms with Gasteiger partial charge in [0.25, 0.3) is 0 Å². The van der Waals surface area contributed by atoms with Crippen LogP contribution in [0.1, 0.15) is 18.9 Å². The average Bonchev–Trinajstić information content (AvgIpc) is 3.17. The largest absolute Gasteiger partial charge is 0.464 e.